The van der Waals surface area contributed by atoms with Gasteiger partial charge in [0.05, 0.1) is 12.8 Å². The van der Waals surface area contributed by atoms with E-state index in [0.29, 0.717) is 18.1 Å². The molecule has 1 aliphatic heterocycles. The maximum atomic E-state index is 12.4. The van der Waals surface area contributed by atoms with Gasteiger partial charge in [-0.05, 0) is 12.8 Å². The topological polar surface area (TPSA) is 88.5 Å². The Morgan fingerprint density at radius 2 is 2.12 bits per heavy atom. The summed E-state index contributed by atoms with van der Waals surface area (Å²) in [7, 11) is 0. The molecule has 126 valence electrons. The van der Waals surface area contributed by atoms with Crippen molar-refractivity contribution in [3.05, 3.63) is 41.4 Å². The Hall–Kier alpha value is -2.25. The molecule has 2 aromatic rings. The Kier molecular flexibility index (Phi) is 5.22. The first-order valence-electron chi connectivity index (χ1n) is 7.78. The monoisotopic (exact) mass is 346 g/mol. The lowest BCUT2D eigenvalue weighted by Gasteiger charge is -2.27. The lowest BCUT2D eigenvalue weighted by Crippen LogP contribution is -2.48. The van der Waals surface area contributed by atoms with Crippen molar-refractivity contribution in [1.29, 1.82) is 0 Å². The van der Waals surface area contributed by atoms with Crippen LogP contribution in [0.3, 0.4) is 0 Å². The molecule has 0 aliphatic carbocycles. The molecule has 24 heavy (non-hydrogen) atoms. The van der Waals surface area contributed by atoms with Crippen LogP contribution in [0.2, 0.25) is 0 Å². The normalized spacial score (nSPS) is 18.8. The van der Waals surface area contributed by atoms with Gasteiger partial charge in [-0.15, -0.1) is 11.3 Å². The molecular formula is C17H18N2O4S. The zero-order chi connectivity index (χ0) is 16.9. The number of carbonyl (C=O) groups is 2. The minimum absolute atomic E-state index is 0.207. The van der Waals surface area contributed by atoms with Crippen molar-refractivity contribution in [2.75, 3.05) is 13.2 Å². The number of ether oxygens (including phenoxy) is 1. The fourth-order valence-corrected chi connectivity index (χ4v) is 3.54. The number of aliphatic carboxylic acids is 1. The second kappa shape index (κ2) is 7.55. The van der Waals surface area contributed by atoms with Gasteiger partial charge in [-0.2, -0.15) is 0 Å². The lowest BCUT2D eigenvalue weighted by molar-refractivity contribution is -0.142. The molecule has 3 rings (SSSR count). The van der Waals surface area contributed by atoms with Gasteiger partial charge in [-0.1, -0.05) is 30.3 Å². The van der Waals surface area contributed by atoms with Crippen LogP contribution >= 0.6 is 11.3 Å². The van der Waals surface area contributed by atoms with Crippen molar-refractivity contribution in [3.63, 3.8) is 0 Å². The van der Waals surface area contributed by atoms with Crippen LogP contribution in [0.25, 0.3) is 10.6 Å². The van der Waals surface area contributed by atoms with E-state index < -0.39 is 17.9 Å². The van der Waals surface area contributed by atoms with Crippen LogP contribution in [-0.4, -0.2) is 41.2 Å². The molecular weight excluding hydrogens is 328 g/mol. The zero-order valence-electron chi connectivity index (χ0n) is 13.0. The molecule has 1 amide bonds. The minimum Gasteiger partial charge on any atom is -0.480 e. The summed E-state index contributed by atoms with van der Waals surface area (Å²) in [5, 5.41) is 12.8. The number of carboxylic acid groups (broad SMARTS) is 1. The van der Waals surface area contributed by atoms with E-state index in [0.717, 1.165) is 23.4 Å². The predicted octanol–water partition coefficient (Wildman–Crippen LogP) is 2.42. The highest BCUT2D eigenvalue weighted by Crippen LogP contribution is 2.25. The molecule has 1 aromatic carbocycles. The number of benzene rings is 1. The van der Waals surface area contributed by atoms with Crippen molar-refractivity contribution >= 4 is 23.2 Å². The van der Waals surface area contributed by atoms with E-state index in [9.17, 15) is 14.7 Å². The lowest BCUT2D eigenvalue weighted by atomic mass is 9.93. The van der Waals surface area contributed by atoms with Crippen LogP contribution in [0.1, 0.15) is 22.5 Å². The molecule has 1 fully saturated rings. The van der Waals surface area contributed by atoms with Crippen molar-refractivity contribution in [2.24, 2.45) is 5.92 Å². The third-order valence-electron chi connectivity index (χ3n) is 3.97. The number of nitrogens with zero attached hydrogens (tertiary/aromatic N) is 1. The number of hydrogen-bond acceptors (Lipinski definition) is 5. The Bertz CT molecular complexity index is 710. The third kappa shape index (κ3) is 3.80. The van der Waals surface area contributed by atoms with Crippen molar-refractivity contribution < 1.29 is 19.4 Å². The van der Waals surface area contributed by atoms with E-state index in [4.69, 9.17) is 4.74 Å². The average molecular weight is 346 g/mol. The molecule has 2 atom stereocenters. The molecule has 1 aliphatic rings. The first kappa shape index (κ1) is 16.6. The van der Waals surface area contributed by atoms with Crippen LogP contribution < -0.4 is 5.32 Å². The summed E-state index contributed by atoms with van der Waals surface area (Å²) in [6.07, 6.45) is 3.02. The molecule has 7 heteroatoms. The molecule has 0 radical (unpaired) electrons. The zero-order valence-corrected chi connectivity index (χ0v) is 13.8. The number of amides is 1. The highest BCUT2D eigenvalue weighted by molar-refractivity contribution is 7.16. The smallest absolute Gasteiger partial charge is 0.326 e. The molecule has 1 aromatic heterocycles. The summed E-state index contributed by atoms with van der Waals surface area (Å²) in [6, 6.07) is 8.61. The summed E-state index contributed by atoms with van der Waals surface area (Å²) in [4.78, 5) is 28.6. The van der Waals surface area contributed by atoms with E-state index in [2.05, 4.69) is 10.3 Å². The number of hydrogen-bond donors (Lipinski definition) is 2. The Morgan fingerprint density at radius 3 is 2.79 bits per heavy atom. The fourth-order valence-electron chi connectivity index (χ4n) is 2.72. The highest BCUT2D eigenvalue weighted by Gasteiger charge is 2.32. The van der Waals surface area contributed by atoms with E-state index in [1.54, 1.807) is 0 Å². The molecule has 0 spiro atoms. The summed E-state index contributed by atoms with van der Waals surface area (Å²) < 4.78 is 5.34. The number of nitrogens with one attached hydrogen (secondary N) is 1. The summed E-state index contributed by atoms with van der Waals surface area (Å²) in [5.41, 5.74) is 0.928. The molecule has 0 saturated carbocycles. The van der Waals surface area contributed by atoms with Crippen LogP contribution in [0.4, 0.5) is 0 Å². The molecule has 1 saturated heterocycles. The number of carbonyl (C=O) groups excluding carboxylic acids is 1. The number of rotatable bonds is 5. The maximum absolute atomic E-state index is 12.4. The van der Waals surface area contributed by atoms with Gasteiger partial charge < -0.3 is 15.2 Å². The van der Waals surface area contributed by atoms with E-state index >= 15 is 0 Å². The van der Waals surface area contributed by atoms with Crippen LogP contribution in [0.15, 0.2) is 36.5 Å². The first-order chi connectivity index (χ1) is 11.6. The van der Waals surface area contributed by atoms with Crippen LogP contribution in [0.5, 0.6) is 0 Å². The average Bonchev–Trinajstić information content (AvgIpc) is 3.11. The first-order valence-corrected chi connectivity index (χ1v) is 8.59. The predicted molar refractivity (Wildman–Crippen MR) is 90.0 cm³/mol. The second-order valence-electron chi connectivity index (χ2n) is 5.66. The summed E-state index contributed by atoms with van der Waals surface area (Å²) in [6.45, 7) is 1.00. The Balaban J connectivity index is 1.71. The van der Waals surface area contributed by atoms with E-state index in [-0.39, 0.29) is 5.92 Å². The largest absolute Gasteiger partial charge is 0.480 e. The van der Waals surface area contributed by atoms with Crippen molar-refractivity contribution in [2.45, 2.75) is 18.9 Å². The van der Waals surface area contributed by atoms with E-state index in [1.165, 1.54) is 17.5 Å². The van der Waals surface area contributed by atoms with Crippen molar-refractivity contribution in [1.82, 2.24) is 10.3 Å². The van der Waals surface area contributed by atoms with Crippen LogP contribution in [-0.2, 0) is 9.53 Å². The van der Waals surface area contributed by atoms with Gasteiger partial charge in [0, 0.05) is 18.1 Å². The van der Waals surface area contributed by atoms with Gasteiger partial charge in [-0.25, -0.2) is 9.78 Å². The summed E-state index contributed by atoms with van der Waals surface area (Å²) in [5.74, 6) is -1.65. The molecule has 0 bridgehead atoms. The van der Waals surface area contributed by atoms with Gasteiger partial charge in [0.2, 0.25) is 0 Å². The number of aromatic nitrogens is 1. The van der Waals surface area contributed by atoms with Gasteiger partial charge >= 0.3 is 5.97 Å². The second-order valence-corrected chi connectivity index (χ2v) is 6.69. The van der Waals surface area contributed by atoms with Gasteiger partial charge in [-0.3, -0.25) is 4.79 Å². The molecule has 2 heterocycles. The summed E-state index contributed by atoms with van der Waals surface area (Å²) >= 11 is 1.25. The van der Waals surface area contributed by atoms with Gasteiger partial charge in [0.1, 0.15) is 15.9 Å². The number of thiazole rings is 1. The Labute approximate surface area is 143 Å². The quantitative estimate of drug-likeness (QED) is 0.868. The minimum atomic E-state index is -1.04. The highest BCUT2D eigenvalue weighted by atomic mass is 32.1. The molecule has 2 N–H and O–H groups in total. The SMILES string of the molecule is O=C(NC(C(=O)O)C1CCCOC1)c1cnc(-c2ccccc2)s1. The van der Waals surface area contributed by atoms with Crippen molar-refractivity contribution in [3.8, 4) is 10.6 Å². The standard InChI is InChI=1S/C17H18N2O4S/c20-15(19-14(17(21)22)12-7-4-8-23-10-12)13-9-18-16(24-13)11-5-2-1-3-6-11/h1-3,5-6,9,12,14H,4,7-8,10H2,(H,19,20)(H,21,22). The Morgan fingerprint density at radius 1 is 1.33 bits per heavy atom. The third-order valence-corrected chi connectivity index (χ3v) is 5.01. The van der Waals surface area contributed by atoms with Crippen LogP contribution in [0, 0.1) is 5.92 Å². The molecule has 2 unspecified atom stereocenters. The number of carboxylic acids is 1. The fraction of sp³-hybridized carbons (Fsp3) is 0.353. The maximum Gasteiger partial charge on any atom is 0.326 e. The molecule has 6 nitrogen and oxygen atoms in total. The van der Waals surface area contributed by atoms with Gasteiger partial charge in [0.15, 0.2) is 0 Å². The van der Waals surface area contributed by atoms with Gasteiger partial charge in [0.25, 0.3) is 5.91 Å². The van der Waals surface area contributed by atoms with E-state index in [1.807, 2.05) is 30.3 Å².